The fourth-order valence-corrected chi connectivity index (χ4v) is 1.98. The Morgan fingerprint density at radius 1 is 1.50 bits per heavy atom. The molecule has 0 aliphatic heterocycles. The Morgan fingerprint density at radius 2 is 2.10 bits per heavy atom. The fraction of sp³-hybridized carbons (Fsp3) is 0.889. The third kappa shape index (κ3) is 1.72. The molecule has 1 atom stereocenters. The summed E-state index contributed by atoms with van der Waals surface area (Å²) >= 11 is 0. The van der Waals surface area contributed by atoms with E-state index in [4.69, 9.17) is 0 Å². The van der Waals surface area contributed by atoms with Crippen LogP contribution < -0.4 is 5.32 Å². The van der Waals surface area contributed by atoms with Gasteiger partial charge >= 0.3 is 0 Å². The van der Waals surface area contributed by atoms with Gasteiger partial charge in [-0.15, -0.1) is 0 Å². The second kappa shape index (κ2) is 3.97. The summed E-state index contributed by atoms with van der Waals surface area (Å²) < 4.78 is 0. The average Bonchev–Trinajstić information content (AvgIpc) is 2.43. The highest BCUT2D eigenvalue weighted by atomic mass is 14.9. The minimum absolute atomic E-state index is 0.683. The van der Waals surface area contributed by atoms with Crippen LogP contribution in [0.5, 0.6) is 0 Å². The Kier molecular flexibility index (Phi) is 3.20. The molecule has 10 heavy (non-hydrogen) atoms. The van der Waals surface area contributed by atoms with E-state index in [1.807, 2.05) is 7.05 Å². The quantitative estimate of drug-likeness (QED) is 0.632. The first-order valence-corrected chi connectivity index (χ1v) is 4.35. The van der Waals surface area contributed by atoms with E-state index in [0.717, 1.165) is 12.3 Å². The van der Waals surface area contributed by atoms with Crippen LogP contribution in [0.25, 0.3) is 0 Å². The summed E-state index contributed by atoms with van der Waals surface area (Å²) in [4.78, 5) is 0. The van der Waals surface area contributed by atoms with Crippen LogP contribution in [-0.4, -0.2) is 13.1 Å². The van der Waals surface area contributed by atoms with Crippen LogP contribution >= 0.6 is 0 Å². The van der Waals surface area contributed by atoms with E-state index in [-0.39, 0.29) is 0 Å². The molecule has 1 nitrogen and oxygen atoms in total. The molecule has 1 saturated carbocycles. The van der Waals surface area contributed by atoms with Gasteiger partial charge < -0.3 is 5.32 Å². The predicted octanol–water partition coefficient (Wildman–Crippen LogP) is 1.99. The first kappa shape index (κ1) is 8.06. The van der Waals surface area contributed by atoms with Crippen molar-refractivity contribution in [1.82, 2.24) is 5.32 Å². The van der Waals surface area contributed by atoms with E-state index in [1.165, 1.54) is 25.7 Å². The Morgan fingerprint density at radius 3 is 2.50 bits per heavy atom. The highest BCUT2D eigenvalue weighted by Gasteiger charge is 2.21. The topological polar surface area (TPSA) is 12.0 Å². The minimum Gasteiger partial charge on any atom is -0.317 e. The van der Waals surface area contributed by atoms with Crippen LogP contribution in [0.3, 0.4) is 0 Å². The lowest BCUT2D eigenvalue weighted by Crippen LogP contribution is -2.31. The molecule has 0 spiro atoms. The van der Waals surface area contributed by atoms with Crippen LogP contribution in [0.2, 0.25) is 0 Å². The molecule has 1 aliphatic carbocycles. The van der Waals surface area contributed by atoms with Crippen molar-refractivity contribution < 1.29 is 0 Å². The molecule has 1 unspecified atom stereocenters. The van der Waals surface area contributed by atoms with Crippen molar-refractivity contribution in [3.05, 3.63) is 6.92 Å². The Bertz CT molecular complexity index is 80.7. The molecule has 0 bridgehead atoms. The number of rotatable bonds is 3. The van der Waals surface area contributed by atoms with Crippen LogP contribution in [0, 0.1) is 12.8 Å². The molecule has 0 heterocycles. The van der Waals surface area contributed by atoms with Crippen molar-refractivity contribution >= 4 is 0 Å². The molecule has 0 amide bonds. The van der Waals surface area contributed by atoms with Gasteiger partial charge in [-0.3, -0.25) is 0 Å². The second-order valence-corrected chi connectivity index (χ2v) is 3.23. The Balaban J connectivity index is 2.29. The van der Waals surface area contributed by atoms with E-state index in [9.17, 15) is 0 Å². The van der Waals surface area contributed by atoms with Crippen molar-refractivity contribution in [1.29, 1.82) is 0 Å². The highest BCUT2D eigenvalue weighted by molar-refractivity contribution is 4.79. The Labute approximate surface area is 64.2 Å². The van der Waals surface area contributed by atoms with Gasteiger partial charge in [-0.05, 0) is 32.2 Å². The van der Waals surface area contributed by atoms with Gasteiger partial charge in [0.1, 0.15) is 0 Å². The van der Waals surface area contributed by atoms with Crippen molar-refractivity contribution in [2.24, 2.45) is 5.92 Å². The summed E-state index contributed by atoms with van der Waals surface area (Å²) in [6.45, 7) is 3.94. The van der Waals surface area contributed by atoms with Crippen LogP contribution in [-0.2, 0) is 0 Å². The van der Waals surface area contributed by atoms with E-state index in [0.29, 0.717) is 6.04 Å². The standard InChI is InChI=1S/C9H18N/c1-3-9(10-2)8-6-4-5-7-8/h8-10H,1,3-7H2,2H3. The number of hydrogen-bond acceptors (Lipinski definition) is 1. The van der Waals surface area contributed by atoms with Gasteiger partial charge in [0.2, 0.25) is 0 Å². The molecule has 0 aromatic heterocycles. The summed E-state index contributed by atoms with van der Waals surface area (Å²) in [6, 6.07) is 0.683. The molecule has 0 aromatic carbocycles. The van der Waals surface area contributed by atoms with Gasteiger partial charge in [0.05, 0.1) is 0 Å². The maximum absolute atomic E-state index is 3.94. The zero-order valence-corrected chi connectivity index (χ0v) is 6.90. The zero-order valence-electron chi connectivity index (χ0n) is 6.90. The van der Waals surface area contributed by atoms with E-state index < -0.39 is 0 Å². The molecular formula is C9H18N. The lowest BCUT2D eigenvalue weighted by molar-refractivity contribution is 0.381. The molecule has 1 fully saturated rings. The SMILES string of the molecule is [CH2]CC(NC)C1CCCC1. The summed E-state index contributed by atoms with van der Waals surface area (Å²) in [5.74, 6) is 0.919. The van der Waals surface area contributed by atoms with Crippen molar-refractivity contribution in [3.63, 3.8) is 0 Å². The first-order chi connectivity index (χ1) is 4.88. The fourth-order valence-electron chi connectivity index (χ4n) is 1.98. The van der Waals surface area contributed by atoms with E-state index in [1.54, 1.807) is 0 Å². The van der Waals surface area contributed by atoms with Crippen molar-refractivity contribution in [2.75, 3.05) is 7.05 Å². The first-order valence-electron chi connectivity index (χ1n) is 4.35. The van der Waals surface area contributed by atoms with E-state index >= 15 is 0 Å². The molecule has 1 heteroatoms. The zero-order chi connectivity index (χ0) is 7.40. The predicted molar refractivity (Wildman–Crippen MR) is 44.8 cm³/mol. The van der Waals surface area contributed by atoms with Gasteiger partial charge in [-0.25, -0.2) is 0 Å². The maximum atomic E-state index is 3.94. The monoisotopic (exact) mass is 140 g/mol. The van der Waals surface area contributed by atoms with Crippen molar-refractivity contribution in [3.8, 4) is 0 Å². The normalized spacial score (nSPS) is 23.4. The van der Waals surface area contributed by atoms with E-state index in [2.05, 4.69) is 12.2 Å². The van der Waals surface area contributed by atoms with Gasteiger partial charge in [0, 0.05) is 6.04 Å². The second-order valence-electron chi connectivity index (χ2n) is 3.23. The summed E-state index contributed by atoms with van der Waals surface area (Å²) in [6.07, 6.45) is 6.74. The molecule has 1 N–H and O–H groups in total. The lowest BCUT2D eigenvalue weighted by Gasteiger charge is -2.20. The van der Waals surface area contributed by atoms with Crippen LogP contribution in [0.1, 0.15) is 32.1 Å². The average molecular weight is 140 g/mol. The Hall–Kier alpha value is -0.0400. The summed E-state index contributed by atoms with van der Waals surface area (Å²) in [7, 11) is 2.05. The van der Waals surface area contributed by atoms with Gasteiger partial charge in [-0.2, -0.15) is 0 Å². The third-order valence-electron chi connectivity index (χ3n) is 2.65. The molecule has 59 valence electrons. The maximum Gasteiger partial charge on any atom is 0.00923 e. The van der Waals surface area contributed by atoms with Gasteiger partial charge in [0.25, 0.3) is 0 Å². The van der Waals surface area contributed by atoms with Gasteiger partial charge in [0.15, 0.2) is 0 Å². The molecule has 0 saturated heterocycles. The smallest absolute Gasteiger partial charge is 0.00923 e. The van der Waals surface area contributed by atoms with Crippen LogP contribution in [0.4, 0.5) is 0 Å². The van der Waals surface area contributed by atoms with Crippen LogP contribution in [0.15, 0.2) is 0 Å². The molecule has 0 aromatic rings. The van der Waals surface area contributed by atoms with Crippen molar-refractivity contribution in [2.45, 2.75) is 38.1 Å². The van der Waals surface area contributed by atoms with Gasteiger partial charge in [-0.1, -0.05) is 19.8 Å². The molecule has 1 rings (SSSR count). The number of hydrogen-bond donors (Lipinski definition) is 1. The summed E-state index contributed by atoms with van der Waals surface area (Å²) in [5, 5.41) is 3.33. The minimum atomic E-state index is 0.683. The lowest BCUT2D eigenvalue weighted by atomic mass is 9.96. The molecule has 1 radical (unpaired) electrons. The highest BCUT2D eigenvalue weighted by Crippen LogP contribution is 2.28. The summed E-state index contributed by atoms with van der Waals surface area (Å²) in [5.41, 5.74) is 0. The largest absolute Gasteiger partial charge is 0.317 e. The molecular weight excluding hydrogens is 122 g/mol. The third-order valence-corrected chi connectivity index (χ3v) is 2.65. The molecule has 1 aliphatic rings. The number of nitrogens with one attached hydrogen (secondary N) is 1.